The van der Waals surface area contributed by atoms with Crippen LogP contribution in [0.25, 0.3) is 0 Å². The van der Waals surface area contributed by atoms with E-state index >= 15 is 0 Å². The van der Waals surface area contributed by atoms with E-state index in [1.807, 2.05) is 13.0 Å². The summed E-state index contributed by atoms with van der Waals surface area (Å²) in [6, 6.07) is 2.38. The second kappa shape index (κ2) is 6.00. The normalized spacial score (nSPS) is 23.0. The Morgan fingerprint density at radius 1 is 1.68 bits per heavy atom. The summed E-state index contributed by atoms with van der Waals surface area (Å²) in [7, 11) is 2.11. The minimum absolute atomic E-state index is 0.223. The summed E-state index contributed by atoms with van der Waals surface area (Å²) < 4.78 is 5.60. The minimum atomic E-state index is -0.223. The first-order chi connectivity index (χ1) is 9.02. The molecule has 2 unspecified atom stereocenters. The number of nitrogens with two attached hydrogens (primary N) is 1. The molecule has 0 bridgehead atoms. The first kappa shape index (κ1) is 14.5. The second-order valence-corrected chi connectivity index (χ2v) is 6.27. The third kappa shape index (κ3) is 3.14. The lowest BCUT2D eigenvalue weighted by Gasteiger charge is -2.26. The van der Waals surface area contributed by atoms with Crippen LogP contribution in [-0.2, 0) is 11.3 Å². The van der Waals surface area contributed by atoms with Crippen LogP contribution in [0.5, 0.6) is 0 Å². The van der Waals surface area contributed by atoms with Crippen molar-refractivity contribution in [2.24, 2.45) is 5.84 Å². The minimum Gasteiger partial charge on any atom is -0.377 e. The molecule has 19 heavy (non-hydrogen) atoms. The van der Waals surface area contributed by atoms with Crippen molar-refractivity contribution in [3.63, 3.8) is 0 Å². The highest BCUT2D eigenvalue weighted by molar-refractivity contribution is 7.14. The van der Waals surface area contributed by atoms with Gasteiger partial charge >= 0.3 is 0 Å². The average molecular weight is 283 g/mol. The topological polar surface area (TPSA) is 67.6 Å². The number of ether oxygens (including phenoxy) is 1. The van der Waals surface area contributed by atoms with Crippen molar-refractivity contribution in [1.29, 1.82) is 0 Å². The van der Waals surface area contributed by atoms with Gasteiger partial charge in [-0.1, -0.05) is 0 Å². The summed E-state index contributed by atoms with van der Waals surface area (Å²) in [6.45, 7) is 5.82. The largest absolute Gasteiger partial charge is 0.377 e. The van der Waals surface area contributed by atoms with E-state index in [4.69, 9.17) is 10.6 Å². The summed E-state index contributed by atoms with van der Waals surface area (Å²) in [5.74, 6) is 4.94. The lowest BCUT2D eigenvalue weighted by Crippen LogP contribution is -2.36. The monoisotopic (exact) mass is 283 g/mol. The van der Waals surface area contributed by atoms with E-state index in [9.17, 15) is 4.79 Å². The smallest absolute Gasteiger partial charge is 0.275 e. The van der Waals surface area contributed by atoms with Gasteiger partial charge in [-0.15, -0.1) is 11.3 Å². The Hall–Kier alpha value is -0.950. The molecule has 2 rings (SSSR count). The molecule has 2 atom stereocenters. The lowest BCUT2D eigenvalue weighted by molar-refractivity contribution is 0.0814. The van der Waals surface area contributed by atoms with Gasteiger partial charge in [-0.2, -0.15) is 0 Å². The molecule has 0 radical (unpaired) electrons. The second-order valence-electron chi connectivity index (χ2n) is 5.01. The molecule has 0 spiro atoms. The van der Waals surface area contributed by atoms with Gasteiger partial charge in [0.1, 0.15) is 0 Å². The fraction of sp³-hybridized carbons (Fsp3) is 0.615. The van der Waals surface area contributed by atoms with Gasteiger partial charge in [0.05, 0.1) is 11.0 Å². The number of aryl methyl sites for hydroxylation is 1. The number of rotatable bonds is 4. The predicted molar refractivity (Wildman–Crippen MR) is 76.0 cm³/mol. The van der Waals surface area contributed by atoms with E-state index in [1.54, 1.807) is 0 Å². The maximum absolute atomic E-state index is 11.5. The Kier molecular flexibility index (Phi) is 4.57. The number of carbonyl (C=O) groups is 1. The van der Waals surface area contributed by atoms with Gasteiger partial charge in [-0.05, 0) is 38.9 Å². The van der Waals surface area contributed by atoms with Gasteiger partial charge < -0.3 is 4.74 Å². The SMILES string of the molecule is Cc1sc(C(=O)NN)cc1CN(C)C1CCOC1C. The molecule has 0 aliphatic carbocycles. The molecule has 1 aromatic rings. The maximum Gasteiger partial charge on any atom is 0.275 e. The molecule has 5 nitrogen and oxygen atoms in total. The van der Waals surface area contributed by atoms with Crippen molar-refractivity contribution in [1.82, 2.24) is 10.3 Å². The van der Waals surface area contributed by atoms with E-state index in [2.05, 4.69) is 24.3 Å². The fourth-order valence-corrected chi connectivity index (χ4v) is 3.48. The summed E-state index contributed by atoms with van der Waals surface area (Å²) in [5, 5.41) is 0. The molecular weight excluding hydrogens is 262 g/mol. The molecule has 0 saturated carbocycles. The molecule has 3 N–H and O–H groups in total. The molecular formula is C13H21N3O2S. The molecule has 1 aliphatic heterocycles. The van der Waals surface area contributed by atoms with Crippen LogP contribution < -0.4 is 11.3 Å². The molecule has 1 aliphatic rings. The van der Waals surface area contributed by atoms with E-state index in [-0.39, 0.29) is 12.0 Å². The summed E-state index contributed by atoms with van der Waals surface area (Å²) in [5.41, 5.74) is 3.36. The number of nitrogens with one attached hydrogen (secondary N) is 1. The van der Waals surface area contributed by atoms with Crippen LogP contribution in [0, 0.1) is 6.92 Å². The number of likely N-dealkylation sites (N-methyl/N-ethyl adjacent to an activating group) is 1. The van der Waals surface area contributed by atoms with Gasteiger partial charge in [-0.25, -0.2) is 5.84 Å². The van der Waals surface area contributed by atoms with Crippen molar-refractivity contribution in [3.05, 3.63) is 21.4 Å². The van der Waals surface area contributed by atoms with Crippen molar-refractivity contribution in [3.8, 4) is 0 Å². The molecule has 1 saturated heterocycles. The Labute approximate surface area is 117 Å². The van der Waals surface area contributed by atoms with Gasteiger partial charge in [0.25, 0.3) is 5.91 Å². The van der Waals surface area contributed by atoms with Crippen LogP contribution in [0.2, 0.25) is 0 Å². The first-order valence-corrected chi connectivity index (χ1v) is 7.26. The number of hydrogen-bond donors (Lipinski definition) is 2. The predicted octanol–water partition coefficient (Wildman–Crippen LogP) is 1.27. The van der Waals surface area contributed by atoms with Crippen LogP contribution in [0.4, 0.5) is 0 Å². The number of hydrazine groups is 1. The van der Waals surface area contributed by atoms with Gasteiger partial charge in [0.2, 0.25) is 0 Å². The van der Waals surface area contributed by atoms with Crippen LogP contribution in [0.15, 0.2) is 6.07 Å². The Morgan fingerprint density at radius 3 is 3.00 bits per heavy atom. The number of hydrogen-bond acceptors (Lipinski definition) is 5. The van der Waals surface area contributed by atoms with E-state index in [0.29, 0.717) is 10.9 Å². The average Bonchev–Trinajstić information content (AvgIpc) is 2.95. The zero-order valence-corrected chi connectivity index (χ0v) is 12.4. The van der Waals surface area contributed by atoms with E-state index < -0.39 is 0 Å². The maximum atomic E-state index is 11.5. The molecule has 106 valence electrons. The first-order valence-electron chi connectivity index (χ1n) is 6.45. The Morgan fingerprint density at radius 2 is 2.42 bits per heavy atom. The molecule has 1 amide bonds. The van der Waals surface area contributed by atoms with Crippen LogP contribution >= 0.6 is 11.3 Å². The Balaban J connectivity index is 2.06. The third-order valence-corrected chi connectivity index (χ3v) is 4.79. The number of amides is 1. The van der Waals surface area contributed by atoms with Crippen molar-refractivity contribution < 1.29 is 9.53 Å². The van der Waals surface area contributed by atoms with Crippen LogP contribution in [0.1, 0.15) is 33.5 Å². The zero-order chi connectivity index (χ0) is 14.0. The van der Waals surface area contributed by atoms with Crippen LogP contribution in [-0.4, -0.2) is 36.6 Å². The number of nitrogens with zero attached hydrogens (tertiary/aromatic N) is 1. The molecule has 1 fully saturated rings. The zero-order valence-electron chi connectivity index (χ0n) is 11.6. The van der Waals surface area contributed by atoms with E-state index in [0.717, 1.165) is 24.4 Å². The number of carbonyl (C=O) groups excluding carboxylic acids is 1. The third-order valence-electron chi connectivity index (χ3n) is 3.70. The highest BCUT2D eigenvalue weighted by Crippen LogP contribution is 2.25. The number of thiophene rings is 1. The standard InChI is InChI=1S/C13H21N3O2S/c1-8-11(4-5-18-8)16(3)7-10-6-12(13(17)15-14)19-9(10)2/h6,8,11H,4-5,7,14H2,1-3H3,(H,15,17). The van der Waals surface area contributed by atoms with Gasteiger partial charge in [0.15, 0.2) is 0 Å². The highest BCUT2D eigenvalue weighted by Gasteiger charge is 2.28. The fourth-order valence-electron chi connectivity index (χ4n) is 2.54. The molecule has 2 heterocycles. The van der Waals surface area contributed by atoms with Crippen LogP contribution in [0.3, 0.4) is 0 Å². The van der Waals surface area contributed by atoms with E-state index in [1.165, 1.54) is 16.9 Å². The molecule has 6 heteroatoms. The van der Waals surface area contributed by atoms with Crippen molar-refractivity contribution >= 4 is 17.2 Å². The van der Waals surface area contributed by atoms with Gasteiger partial charge in [0, 0.05) is 24.1 Å². The highest BCUT2D eigenvalue weighted by atomic mass is 32.1. The summed E-state index contributed by atoms with van der Waals surface area (Å²) >= 11 is 1.48. The Bertz CT molecular complexity index is 461. The lowest BCUT2D eigenvalue weighted by atomic mass is 10.1. The van der Waals surface area contributed by atoms with Crippen molar-refractivity contribution in [2.45, 2.75) is 39.0 Å². The summed E-state index contributed by atoms with van der Waals surface area (Å²) in [4.78, 5) is 15.6. The molecule has 0 aromatic carbocycles. The summed E-state index contributed by atoms with van der Waals surface area (Å²) in [6.07, 6.45) is 1.34. The molecule has 1 aromatic heterocycles. The van der Waals surface area contributed by atoms with Crippen molar-refractivity contribution in [2.75, 3.05) is 13.7 Å². The van der Waals surface area contributed by atoms with Gasteiger partial charge in [-0.3, -0.25) is 15.1 Å². The quantitative estimate of drug-likeness (QED) is 0.496. The number of nitrogen functional groups attached to an aromatic ring is 1.